The number of guanidine groups is 2. The van der Waals surface area contributed by atoms with E-state index >= 15 is 8.78 Å². The van der Waals surface area contributed by atoms with E-state index < -0.39 is 91.1 Å². The molecule has 2 aliphatic carbocycles. The fourth-order valence-electron chi connectivity index (χ4n) is 8.33. The van der Waals surface area contributed by atoms with Crippen molar-refractivity contribution in [2.75, 3.05) is 119 Å². The van der Waals surface area contributed by atoms with Crippen molar-refractivity contribution < 1.29 is 91.5 Å². The third-order valence-corrected chi connectivity index (χ3v) is 16.2. The first-order chi connectivity index (χ1) is 44.3. The largest absolute Gasteiger partial charge is 0.491 e. The number of benzene rings is 2. The molecule has 0 aliphatic heterocycles. The molecule has 0 saturated carbocycles. The van der Waals surface area contributed by atoms with Crippen molar-refractivity contribution in [2.24, 2.45) is 44.8 Å². The van der Waals surface area contributed by atoms with E-state index in [1.165, 1.54) is 69.3 Å². The van der Waals surface area contributed by atoms with Gasteiger partial charge in [-0.1, -0.05) is 13.8 Å². The van der Waals surface area contributed by atoms with Crippen LogP contribution in [0.25, 0.3) is 6.08 Å². The number of sulfonamides is 2. The van der Waals surface area contributed by atoms with Crippen molar-refractivity contribution in [1.29, 1.82) is 0 Å². The highest BCUT2D eigenvalue weighted by atomic mass is 32.2. The Labute approximate surface area is 538 Å². The third kappa shape index (κ3) is 29.8. The van der Waals surface area contributed by atoms with Gasteiger partial charge in [-0.2, -0.15) is 9.98 Å². The summed E-state index contributed by atoms with van der Waals surface area (Å²) in [6.07, 6.45) is 5.77. The van der Waals surface area contributed by atoms with Crippen LogP contribution in [0, 0.1) is 23.5 Å². The number of nitrogens with two attached hydrogens (primary N) is 4. The standard InChI is InChI=1S/C59H84F4N12O16S2/c1-38-33-45(91-52-41(4)47(60)34-42(35-48(52)61)31-39(2)54(76)74-56(64)65)9-12-51(38)93(82,83)73-18-22-87-26-30-89-28-24-85-20-16-71-59(79)69-14-6-5-13-68-58(78)70-15-19-84-23-27-88-29-25-86-21-17-72-92(80,81)46-10-7-44(8-11-46)90-53-49(62)36-43(37-50(53)63)32-40(3)55(77)75-57(66)67/h7-12,31-32,34-38,41,48,52,72-73H,5-6,13-30,33H2,1-4H3,(H2,68,70,78)(H2,69,71,79)(H4,64,65,74,76)(H4,66,67,75,77)/b39-31+,40-32+. The van der Waals surface area contributed by atoms with Gasteiger partial charge < -0.3 is 82.1 Å². The Hall–Kier alpha value is -7.80. The maximum absolute atomic E-state index is 15.5. The van der Waals surface area contributed by atoms with Crippen molar-refractivity contribution in [1.82, 2.24) is 30.7 Å². The highest BCUT2D eigenvalue weighted by molar-refractivity contribution is 7.93. The molecule has 93 heavy (non-hydrogen) atoms. The van der Waals surface area contributed by atoms with E-state index in [1.807, 2.05) is 0 Å². The molecule has 34 heteroatoms. The number of alkyl halides is 1. The number of carbonyl (C=O) groups excluding carboxylic acids is 4. The number of unbranched alkanes of at least 4 members (excludes halogenated alkanes) is 1. The van der Waals surface area contributed by atoms with E-state index in [0.717, 1.165) is 24.3 Å². The molecule has 14 N–H and O–H groups in total. The van der Waals surface area contributed by atoms with Crippen LogP contribution < -0.4 is 58.4 Å². The summed E-state index contributed by atoms with van der Waals surface area (Å²) in [6, 6.07) is 6.00. The van der Waals surface area contributed by atoms with Gasteiger partial charge in [0.25, 0.3) is 11.8 Å². The molecule has 0 fully saturated rings. The van der Waals surface area contributed by atoms with Gasteiger partial charge in [0.05, 0.1) is 94.8 Å². The van der Waals surface area contributed by atoms with E-state index in [1.54, 1.807) is 6.92 Å². The number of ether oxygens (including phenoxy) is 8. The molecule has 0 heterocycles. The minimum atomic E-state index is -3.96. The van der Waals surface area contributed by atoms with Gasteiger partial charge >= 0.3 is 12.1 Å². The monoisotopic (exact) mass is 1360 g/mol. The molecule has 2 aromatic rings. The lowest BCUT2D eigenvalue weighted by atomic mass is 9.98. The molecule has 6 amide bonds. The van der Waals surface area contributed by atoms with Crippen molar-refractivity contribution in [3.8, 4) is 11.5 Å². The normalized spacial score (nSPS) is 16.9. The zero-order valence-electron chi connectivity index (χ0n) is 52.2. The van der Waals surface area contributed by atoms with Gasteiger partial charge in [0.15, 0.2) is 35.5 Å². The van der Waals surface area contributed by atoms with Crippen LogP contribution >= 0.6 is 0 Å². The van der Waals surface area contributed by atoms with Crippen LogP contribution in [0.2, 0.25) is 0 Å². The number of allylic oxidation sites excluding steroid dienone is 7. The zero-order valence-corrected chi connectivity index (χ0v) is 53.8. The van der Waals surface area contributed by atoms with E-state index in [4.69, 9.17) is 60.8 Å². The first-order valence-corrected chi connectivity index (χ1v) is 32.4. The fraction of sp³-hybridized carbons (Fsp3) is 0.492. The number of amides is 6. The highest BCUT2D eigenvalue weighted by Crippen LogP contribution is 2.35. The average molecular weight is 1360 g/mol. The van der Waals surface area contributed by atoms with E-state index in [2.05, 4.69) is 40.7 Å². The second kappa shape index (κ2) is 41.0. The van der Waals surface area contributed by atoms with Crippen LogP contribution in [0.4, 0.5) is 27.2 Å². The number of hydrogen-bond acceptors (Lipinski definition) is 16. The fourth-order valence-corrected chi connectivity index (χ4v) is 10.7. The van der Waals surface area contributed by atoms with E-state index in [9.17, 15) is 44.8 Å². The molecule has 4 rings (SSSR count). The quantitative estimate of drug-likeness (QED) is 0.0150. The molecule has 0 bridgehead atoms. The van der Waals surface area contributed by atoms with Crippen molar-refractivity contribution in [3.05, 3.63) is 117 Å². The number of urea groups is 2. The summed E-state index contributed by atoms with van der Waals surface area (Å²) >= 11 is 0. The van der Waals surface area contributed by atoms with Crippen molar-refractivity contribution in [3.63, 3.8) is 0 Å². The zero-order chi connectivity index (χ0) is 68.3. The number of rotatable bonds is 41. The average Bonchev–Trinajstić information content (AvgIpc) is 1.65. The number of nitrogens with one attached hydrogen (secondary N) is 6. The lowest BCUT2D eigenvalue weighted by molar-refractivity contribution is -0.115. The third-order valence-electron chi connectivity index (χ3n) is 13.0. The maximum Gasteiger partial charge on any atom is 0.314 e. The van der Waals surface area contributed by atoms with Crippen LogP contribution in [0.15, 0.2) is 115 Å². The highest BCUT2D eigenvalue weighted by Gasteiger charge is 2.35. The smallest absolute Gasteiger partial charge is 0.314 e. The van der Waals surface area contributed by atoms with E-state index in [0.29, 0.717) is 25.9 Å². The molecule has 0 aromatic heterocycles. The molecule has 4 unspecified atom stereocenters. The summed E-state index contributed by atoms with van der Waals surface area (Å²) in [5, 5.41) is 10.8. The Morgan fingerprint density at radius 3 is 1.52 bits per heavy atom. The summed E-state index contributed by atoms with van der Waals surface area (Å²) in [6.45, 7) is 9.61. The summed E-state index contributed by atoms with van der Waals surface area (Å²) < 4.78 is 161. The molecule has 516 valence electrons. The number of hydrogen-bond donors (Lipinski definition) is 10. The van der Waals surface area contributed by atoms with Gasteiger partial charge in [0, 0.05) is 68.7 Å². The van der Waals surface area contributed by atoms with Gasteiger partial charge in [0.2, 0.25) is 20.0 Å². The van der Waals surface area contributed by atoms with Crippen LogP contribution in [0.5, 0.6) is 11.5 Å². The lowest BCUT2D eigenvalue weighted by Crippen LogP contribution is -2.39. The van der Waals surface area contributed by atoms with Crippen LogP contribution in [-0.4, -0.2) is 183 Å². The number of aliphatic imine (C=N–C) groups is 2. The first-order valence-electron chi connectivity index (χ1n) is 29.5. The Kier molecular flexibility index (Phi) is 34.2. The first kappa shape index (κ1) is 77.6. The van der Waals surface area contributed by atoms with Gasteiger partial charge in [-0.05, 0) is 111 Å². The molecular formula is C59H84F4N12O16S2. The minimum Gasteiger partial charge on any atom is -0.491 e. The lowest BCUT2D eigenvalue weighted by Gasteiger charge is -2.29. The number of carbonyl (C=O) groups is 4. The molecule has 28 nitrogen and oxygen atoms in total. The van der Waals surface area contributed by atoms with Gasteiger partial charge in [-0.25, -0.2) is 53.4 Å². The predicted molar refractivity (Wildman–Crippen MR) is 337 cm³/mol. The topological polar surface area (TPSA) is 411 Å². The predicted octanol–water partition coefficient (Wildman–Crippen LogP) is 3.34. The Morgan fingerprint density at radius 1 is 0.602 bits per heavy atom. The molecule has 4 atom stereocenters. The van der Waals surface area contributed by atoms with E-state index in [-0.39, 0.29) is 168 Å². The summed E-state index contributed by atoms with van der Waals surface area (Å²) in [5.41, 5.74) is 21.0. The number of nitrogens with zero attached hydrogens (tertiary/aromatic N) is 2. The van der Waals surface area contributed by atoms with Crippen molar-refractivity contribution in [2.45, 2.75) is 64.1 Å². The molecule has 2 aromatic carbocycles. The Bertz CT molecular complexity index is 3270. The van der Waals surface area contributed by atoms with Crippen LogP contribution in [0.1, 0.15) is 52.5 Å². The molecular weight excluding hydrogens is 1270 g/mol. The summed E-state index contributed by atoms with van der Waals surface area (Å²) in [5.74, 6) is -7.36. The molecule has 0 radical (unpaired) electrons. The Morgan fingerprint density at radius 2 is 1.04 bits per heavy atom. The van der Waals surface area contributed by atoms with Gasteiger partial charge in [-0.3, -0.25) is 9.59 Å². The summed E-state index contributed by atoms with van der Waals surface area (Å²) in [4.78, 5) is 54.9. The molecule has 0 spiro atoms. The van der Waals surface area contributed by atoms with Crippen LogP contribution in [-0.2, 0) is 62.8 Å². The van der Waals surface area contributed by atoms with Crippen LogP contribution in [0.3, 0.4) is 0 Å². The SMILES string of the molecule is C/C(=C\C1=CC(F)C(OC2=CC=C(S(=O)(=O)NCCOCCOCCOCCNC(=O)NCCCCNC(=O)NCCOCCOCCOCCNS(=O)(=O)c3ccc(Oc4c(F)cc(/C=C(\C)C(=O)N=C(N)N)cc4F)cc3)C(C)C2)C(C)C(F)=C1)C(=O)N=C(N)N. The minimum absolute atomic E-state index is 0.00796. The number of halogens is 4. The Balaban J connectivity index is 0.906. The van der Waals surface area contributed by atoms with Gasteiger partial charge in [-0.15, -0.1) is 0 Å². The van der Waals surface area contributed by atoms with Gasteiger partial charge in [0.1, 0.15) is 17.7 Å². The second-order valence-corrected chi connectivity index (χ2v) is 24.1. The molecule has 0 saturated heterocycles. The summed E-state index contributed by atoms with van der Waals surface area (Å²) in [7, 11) is -7.87. The van der Waals surface area contributed by atoms with Crippen molar-refractivity contribution >= 4 is 61.9 Å². The maximum atomic E-state index is 15.5. The molecule has 2 aliphatic rings. The second-order valence-electron chi connectivity index (χ2n) is 20.6.